The Morgan fingerprint density at radius 2 is 0.967 bits per heavy atom. The van der Waals surface area contributed by atoms with Crippen LogP contribution >= 0.6 is 0 Å². The monoisotopic (exact) mass is 838 g/mol. The summed E-state index contributed by atoms with van der Waals surface area (Å²) in [6.07, 6.45) is 59.6. The van der Waals surface area contributed by atoms with Gasteiger partial charge >= 0.3 is 5.97 Å². The van der Waals surface area contributed by atoms with Crippen molar-refractivity contribution in [2.45, 2.75) is 251 Å². The lowest BCUT2D eigenvalue weighted by Gasteiger charge is -2.24. The van der Waals surface area contributed by atoms with Gasteiger partial charge in [-0.1, -0.05) is 216 Å². The van der Waals surface area contributed by atoms with E-state index in [1.807, 2.05) is 18.2 Å². The first kappa shape index (κ1) is 57.3. The smallest absolute Gasteiger partial charge is 0.306 e. The van der Waals surface area contributed by atoms with Gasteiger partial charge in [-0.15, -0.1) is 0 Å². The van der Waals surface area contributed by atoms with E-state index in [9.17, 15) is 19.8 Å². The molecule has 0 fully saturated rings. The number of carbonyl (C=O) groups excluding carboxylic acids is 2. The first-order valence-electron chi connectivity index (χ1n) is 25.2. The molecule has 60 heavy (non-hydrogen) atoms. The molecular formula is C54H95NO5. The third kappa shape index (κ3) is 42.0. The fraction of sp³-hybridized carbons (Fsp3) is 0.741. The number of hydrogen-bond acceptors (Lipinski definition) is 5. The van der Waals surface area contributed by atoms with E-state index in [4.69, 9.17) is 4.74 Å². The number of allylic oxidation sites excluding steroid dienone is 12. The third-order valence-corrected chi connectivity index (χ3v) is 11.1. The van der Waals surface area contributed by atoms with Gasteiger partial charge in [0.15, 0.2) is 0 Å². The Labute approximate surface area is 371 Å². The Morgan fingerprint density at radius 3 is 1.53 bits per heavy atom. The fourth-order valence-corrected chi connectivity index (χ4v) is 7.29. The summed E-state index contributed by atoms with van der Waals surface area (Å²) in [6, 6.07) is -0.711. The lowest BCUT2D eigenvalue weighted by Crippen LogP contribution is -2.46. The van der Waals surface area contributed by atoms with Crippen molar-refractivity contribution in [3.8, 4) is 0 Å². The van der Waals surface area contributed by atoms with Crippen molar-refractivity contribution in [1.82, 2.24) is 5.32 Å². The molecule has 0 radical (unpaired) electrons. The van der Waals surface area contributed by atoms with Gasteiger partial charge in [0.05, 0.1) is 25.2 Å². The van der Waals surface area contributed by atoms with Crippen LogP contribution in [0, 0.1) is 0 Å². The van der Waals surface area contributed by atoms with Crippen LogP contribution in [0.3, 0.4) is 0 Å². The van der Waals surface area contributed by atoms with Crippen molar-refractivity contribution in [2.75, 3.05) is 6.61 Å². The summed E-state index contributed by atoms with van der Waals surface area (Å²) in [5.41, 5.74) is 0. The van der Waals surface area contributed by atoms with E-state index in [0.717, 1.165) is 96.3 Å². The summed E-state index contributed by atoms with van der Waals surface area (Å²) in [5.74, 6) is -0.511. The molecule has 0 aromatic heterocycles. The highest BCUT2D eigenvalue weighted by molar-refractivity contribution is 5.77. The van der Waals surface area contributed by atoms with Gasteiger partial charge in [0.1, 0.15) is 6.10 Å². The molecule has 346 valence electrons. The minimum absolute atomic E-state index is 0.0596. The van der Waals surface area contributed by atoms with E-state index < -0.39 is 18.2 Å². The number of nitrogens with one attached hydrogen (secondary N) is 1. The third-order valence-electron chi connectivity index (χ3n) is 11.1. The average Bonchev–Trinajstić information content (AvgIpc) is 3.24. The molecule has 0 aromatic rings. The molecule has 0 aromatic carbocycles. The summed E-state index contributed by atoms with van der Waals surface area (Å²) in [5, 5.41) is 23.7. The first-order chi connectivity index (χ1) is 29.5. The summed E-state index contributed by atoms with van der Waals surface area (Å²) in [6.45, 7) is 6.29. The fourth-order valence-electron chi connectivity index (χ4n) is 7.29. The molecule has 0 bridgehead atoms. The van der Waals surface area contributed by atoms with Crippen LogP contribution in [0.5, 0.6) is 0 Å². The molecule has 0 aliphatic rings. The predicted molar refractivity (Wildman–Crippen MR) is 259 cm³/mol. The molecule has 0 aliphatic carbocycles. The number of hydrogen-bond donors (Lipinski definition) is 3. The standard InChI is InChI=1S/C54H95NO5/c1-4-7-10-13-16-19-21-23-25-26-28-29-31-34-36-39-42-45-50(48-53(58)55-51(49-56)52(57)46-43-40-37-33-18-15-12-9-6-3)60-54(59)47-44-41-38-35-32-30-27-24-22-20-17-14-11-8-5-2/h8,11,14,16-17,19-20,22-25,27,50-52,56-57H,4-7,9-10,12-13,15,18,21,26,28-49H2,1-3H3,(H,55,58)/b11-8+,17-14+,19-16-,22-20+,25-23-,27-24-. The van der Waals surface area contributed by atoms with E-state index in [1.54, 1.807) is 0 Å². The van der Waals surface area contributed by atoms with Crippen molar-refractivity contribution in [3.05, 3.63) is 72.9 Å². The summed E-state index contributed by atoms with van der Waals surface area (Å²) in [7, 11) is 0. The molecule has 3 N–H and O–H groups in total. The number of aliphatic hydroxyl groups is 2. The van der Waals surface area contributed by atoms with Crippen LogP contribution in [0.4, 0.5) is 0 Å². The highest BCUT2D eigenvalue weighted by Crippen LogP contribution is 2.17. The number of amides is 1. The van der Waals surface area contributed by atoms with Gasteiger partial charge in [0, 0.05) is 6.42 Å². The molecule has 3 atom stereocenters. The zero-order valence-corrected chi connectivity index (χ0v) is 39.3. The maximum Gasteiger partial charge on any atom is 0.306 e. The Kier molecular flexibility index (Phi) is 45.2. The number of ether oxygens (including phenoxy) is 1. The van der Waals surface area contributed by atoms with E-state index in [-0.39, 0.29) is 24.9 Å². The van der Waals surface area contributed by atoms with E-state index in [0.29, 0.717) is 19.3 Å². The second-order valence-electron chi connectivity index (χ2n) is 16.9. The molecule has 0 aliphatic heterocycles. The second kappa shape index (κ2) is 47.4. The lowest BCUT2D eigenvalue weighted by atomic mass is 10.0. The van der Waals surface area contributed by atoms with Crippen molar-refractivity contribution in [2.24, 2.45) is 0 Å². The highest BCUT2D eigenvalue weighted by Gasteiger charge is 2.24. The predicted octanol–water partition coefficient (Wildman–Crippen LogP) is 15.0. The zero-order chi connectivity index (χ0) is 43.8. The molecule has 0 spiro atoms. The van der Waals surface area contributed by atoms with Gasteiger partial charge in [-0.2, -0.15) is 0 Å². The van der Waals surface area contributed by atoms with Crippen molar-refractivity contribution in [1.29, 1.82) is 0 Å². The van der Waals surface area contributed by atoms with Crippen LogP contribution < -0.4 is 5.32 Å². The number of esters is 1. The molecule has 0 rings (SSSR count). The SMILES string of the molecule is CC/C=C/C=C/C=C/C=C\CCCCCCCC(=O)OC(CCCCCCCCC/C=C\C/C=C\CCCCC)CC(=O)NC(CO)C(O)CCCCCCCCCCC. The van der Waals surface area contributed by atoms with E-state index >= 15 is 0 Å². The number of aliphatic hydroxyl groups excluding tert-OH is 2. The zero-order valence-electron chi connectivity index (χ0n) is 39.3. The van der Waals surface area contributed by atoms with Crippen LogP contribution in [0.15, 0.2) is 72.9 Å². The number of rotatable bonds is 44. The molecule has 0 saturated heterocycles. The van der Waals surface area contributed by atoms with Gasteiger partial charge in [-0.3, -0.25) is 9.59 Å². The van der Waals surface area contributed by atoms with Gasteiger partial charge in [0.2, 0.25) is 5.91 Å². The van der Waals surface area contributed by atoms with E-state index in [1.165, 1.54) is 89.9 Å². The lowest BCUT2D eigenvalue weighted by molar-refractivity contribution is -0.151. The van der Waals surface area contributed by atoms with Crippen LogP contribution in [0.1, 0.15) is 233 Å². The van der Waals surface area contributed by atoms with Crippen LogP contribution in [0.25, 0.3) is 0 Å². The topological polar surface area (TPSA) is 95.9 Å². The van der Waals surface area contributed by atoms with Gasteiger partial charge in [-0.05, 0) is 77.0 Å². The quantitative estimate of drug-likeness (QED) is 0.0246. The molecular weight excluding hydrogens is 743 g/mol. The van der Waals surface area contributed by atoms with Gasteiger partial charge in [0.25, 0.3) is 0 Å². The molecule has 3 unspecified atom stereocenters. The van der Waals surface area contributed by atoms with Gasteiger partial charge < -0.3 is 20.3 Å². The Morgan fingerprint density at radius 1 is 0.517 bits per heavy atom. The second-order valence-corrected chi connectivity index (χ2v) is 16.9. The van der Waals surface area contributed by atoms with Crippen molar-refractivity contribution >= 4 is 11.9 Å². The first-order valence-corrected chi connectivity index (χ1v) is 25.2. The molecule has 6 nitrogen and oxygen atoms in total. The van der Waals surface area contributed by atoms with Crippen LogP contribution in [-0.4, -0.2) is 46.9 Å². The largest absolute Gasteiger partial charge is 0.462 e. The summed E-state index contributed by atoms with van der Waals surface area (Å²) >= 11 is 0. The van der Waals surface area contributed by atoms with E-state index in [2.05, 4.69) is 80.8 Å². The highest BCUT2D eigenvalue weighted by atomic mass is 16.5. The Hall–Kier alpha value is -2.70. The normalized spacial score (nSPS) is 13.9. The van der Waals surface area contributed by atoms with Crippen molar-refractivity contribution in [3.63, 3.8) is 0 Å². The van der Waals surface area contributed by atoms with Crippen LogP contribution in [-0.2, 0) is 14.3 Å². The van der Waals surface area contributed by atoms with Crippen LogP contribution in [0.2, 0.25) is 0 Å². The summed E-state index contributed by atoms with van der Waals surface area (Å²) in [4.78, 5) is 26.1. The van der Waals surface area contributed by atoms with Gasteiger partial charge in [-0.25, -0.2) is 0 Å². The Balaban J connectivity index is 4.65. The molecule has 0 saturated carbocycles. The minimum Gasteiger partial charge on any atom is -0.462 e. The average molecular weight is 838 g/mol. The maximum atomic E-state index is 13.2. The number of unbranched alkanes of at least 4 members (excludes halogenated alkanes) is 23. The van der Waals surface area contributed by atoms with Crippen molar-refractivity contribution < 1.29 is 24.5 Å². The molecule has 6 heteroatoms. The maximum absolute atomic E-state index is 13.2. The summed E-state index contributed by atoms with van der Waals surface area (Å²) < 4.78 is 5.92. The number of carbonyl (C=O) groups is 2. The minimum atomic E-state index is -0.795. The Bertz CT molecular complexity index is 1120. The molecule has 1 amide bonds. The molecule has 0 heterocycles.